The topological polar surface area (TPSA) is 87.1 Å². The van der Waals surface area contributed by atoms with Crippen molar-refractivity contribution in [3.8, 4) is 0 Å². The number of para-hydroxylation sites is 3. The summed E-state index contributed by atoms with van der Waals surface area (Å²) in [5, 5.41) is 6.91. The van der Waals surface area contributed by atoms with Crippen LogP contribution in [0.15, 0.2) is 108 Å². The SMILES string of the molecule is O=C(Nc1ccccc1)N1OC(c2ccco2)N(C(=O)Nc2ccccc2)Cc2ccccc21. The first-order valence-electron chi connectivity index (χ1n) is 10.8. The first-order chi connectivity index (χ1) is 16.7. The van der Waals surface area contributed by atoms with Gasteiger partial charge in [-0.2, -0.15) is 5.06 Å². The van der Waals surface area contributed by atoms with E-state index >= 15 is 0 Å². The molecule has 0 saturated heterocycles. The van der Waals surface area contributed by atoms with Gasteiger partial charge in [0, 0.05) is 11.4 Å². The molecule has 34 heavy (non-hydrogen) atoms. The molecule has 1 aliphatic rings. The van der Waals surface area contributed by atoms with Gasteiger partial charge in [-0.1, -0.05) is 54.6 Å². The molecule has 5 rings (SSSR count). The Bertz CT molecular complexity index is 1260. The molecule has 0 radical (unpaired) electrons. The lowest BCUT2D eigenvalue weighted by Crippen LogP contribution is -2.42. The molecule has 3 aromatic carbocycles. The van der Waals surface area contributed by atoms with E-state index in [0.717, 1.165) is 5.56 Å². The van der Waals surface area contributed by atoms with Crippen LogP contribution in [0.1, 0.15) is 17.6 Å². The van der Waals surface area contributed by atoms with Crippen molar-refractivity contribution in [1.82, 2.24) is 4.90 Å². The molecule has 1 aromatic heterocycles. The van der Waals surface area contributed by atoms with Gasteiger partial charge < -0.3 is 15.1 Å². The number of benzene rings is 3. The van der Waals surface area contributed by atoms with E-state index in [9.17, 15) is 9.59 Å². The van der Waals surface area contributed by atoms with E-state index in [1.807, 2.05) is 54.6 Å². The van der Waals surface area contributed by atoms with Gasteiger partial charge in [0.1, 0.15) is 0 Å². The fourth-order valence-corrected chi connectivity index (χ4v) is 3.71. The molecule has 1 atom stereocenters. The summed E-state index contributed by atoms with van der Waals surface area (Å²) in [6.07, 6.45) is 0.505. The Morgan fingerprint density at radius 2 is 1.35 bits per heavy atom. The molecular weight excluding hydrogens is 432 g/mol. The summed E-state index contributed by atoms with van der Waals surface area (Å²) < 4.78 is 5.60. The molecule has 0 fully saturated rings. The maximum atomic E-state index is 13.4. The largest absolute Gasteiger partial charge is 0.464 e. The second-order valence-electron chi connectivity index (χ2n) is 7.62. The van der Waals surface area contributed by atoms with Crippen molar-refractivity contribution < 1.29 is 18.8 Å². The zero-order valence-electron chi connectivity index (χ0n) is 18.1. The van der Waals surface area contributed by atoms with Crippen LogP contribution in [-0.2, 0) is 11.4 Å². The van der Waals surface area contributed by atoms with E-state index in [-0.39, 0.29) is 6.54 Å². The number of nitrogens with zero attached hydrogens (tertiary/aromatic N) is 2. The van der Waals surface area contributed by atoms with Crippen molar-refractivity contribution in [2.75, 3.05) is 15.7 Å². The molecule has 1 unspecified atom stereocenters. The lowest BCUT2D eigenvalue weighted by Gasteiger charge is -2.30. The molecule has 170 valence electrons. The van der Waals surface area contributed by atoms with Gasteiger partial charge in [0.2, 0.25) is 6.23 Å². The number of fused-ring (bicyclic) bond motifs is 1. The minimum absolute atomic E-state index is 0.190. The van der Waals surface area contributed by atoms with Crippen LogP contribution in [0.3, 0.4) is 0 Å². The maximum Gasteiger partial charge on any atom is 0.350 e. The number of nitrogens with one attached hydrogen (secondary N) is 2. The first-order valence-corrected chi connectivity index (χ1v) is 10.8. The number of anilines is 3. The fraction of sp³-hybridized carbons (Fsp3) is 0.0769. The number of furan rings is 1. The summed E-state index contributed by atoms with van der Waals surface area (Å²) in [5.74, 6) is 0.383. The minimum Gasteiger partial charge on any atom is -0.464 e. The van der Waals surface area contributed by atoms with Crippen LogP contribution in [-0.4, -0.2) is 17.0 Å². The third-order valence-electron chi connectivity index (χ3n) is 5.32. The van der Waals surface area contributed by atoms with Crippen LogP contribution >= 0.6 is 0 Å². The highest BCUT2D eigenvalue weighted by atomic mass is 16.7. The predicted octanol–water partition coefficient (Wildman–Crippen LogP) is 6.00. The van der Waals surface area contributed by atoms with E-state index in [1.54, 1.807) is 42.5 Å². The number of hydroxylamine groups is 1. The van der Waals surface area contributed by atoms with Gasteiger partial charge in [-0.15, -0.1) is 0 Å². The van der Waals surface area contributed by atoms with Crippen LogP contribution in [0, 0.1) is 0 Å². The first kappa shape index (κ1) is 21.3. The number of rotatable bonds is 3. The van der Waals surface area contributed by atoms with Gasteiger partial charge >= 0.3 is 12.1 Å². The van der Waals surface area contributed by atoms with Gasteiger partial charge in [0.05, 0.1) is 18.5 Å². The normalized spacial score (nSPS) is 15.2. The molecule has 8 heteroatoms. The van der Waals surface area contributed by atoms with Crippen molar-refractivity contribution in [3.63, 3.8) is 0 Å². The van der Waals surface area contributed by atoms with Gasteiger partial charge in [0.25, 0.3) is 0 Å². The average Bonchev–Trinajstić information content (AvgIpc) is 3.34. The van der Waals surface area contributed by atoms with Crippen LogP contribution in [0.4, 0.5) is 26.7 Å². The number of urea groups is 2. The van der Waals surface area contributed by atoms with Gasteiger partial charge in [-0.05, 0) is 48.0 Å². The smallest absolute Gasteiger partial charge is 0.350 e. The molecule has 4 aromatic rings. The monoisotopic (exact) mass is 454 g/mol. The Balaban J connectivity index is 1.51. The quantitative estimate of drug-likeness (QED) is 0.398. The summed E-state index contributed by atoms with van der Waals surface area (Å²) in [5.41, 5.74) is 2.53. The Kier molecular flexibility index (Phi) is 5.96. The molecule has 0 bridgehead atoms. The number of hydrogen-bond donors (Lipinski definition) is 2. The summed E-state index contributed by atoms with van der Waals surface area (Å²) in [6.45, 7) is 0.190. The average molecular weight is 454 g/mol. The molecule has 2 N–H and O–H groups in total. The van der Waals surface area contributed by atoms with Crippen molar-refractivity contribution in [3.05, 3.63) is 115 Å². The van der Waals surface area contributed by atoms with Crippen LogP contribution in [0.25, 0.3) is 0 Å². The molecule has 2 heterocycles. The van der Waals surface area contributed by atoms with Gasteiger partial charge in [-0.25, -0.2) is 14.4 Å². The molecule has 0 saturated carbocycles. The Labute approximate surface area is 196 Å². The summed E-state index contributed by atoms with van der Waals surface area (Å²) >= 11 is 0. The predicted molar refractivity (Wildman–Crippen MR) is 128 cm³/mol. The third kappa shape index (κ3) is 4.48. The summed E-state index contributed by atoms with van der Waals surface area (Å²) in [6, 6.07) is 28.0. The molecule has 4 amide bonds. The highest BCUT2D eigenvalue weighted by molar-refractivity contribution is 6.01. The Morgan fingerprint density at radius 1 is 0.735 bits per heavy atom. The number of carbonyl (C=O) groups is 2. The standard InChI is InChI=1S/C26H22N4O4/c31-25(27-20-11-3-1-4-12-20)29-18-19-10-7-8-15-22(19)30(34-24(29)23-16-9-17-33-23)26(32)28-21-13-5-2-6-14-21/h1-17,24H,18H2,(H,27,31)(H,28,32). The molecule has 0 aliphatic carbocycles. The number of hydrogen-bond acceptors (Lipinski definition) is 4. The summed E-state index contributed by atoms with van der Waals surface area (Å²) in [4.78, 5) is 34.4. The highest BCUT2D eigenvalue weighted by Crippen LogP contribution is 2.35. The van der Waals surface area contributed by atoms with E-state index in [0.29, 0.717) is 22.8 Å². The zero-order chi connectivity index (χ0) is 23.3. The Morgan fingerprint density at radius 3 is 2.00 bits per heavy atom. The Hall–Kier alpha value is -4.56. The van der Waals surface area contributed by atoms with Gasteiger partial charge in [0.15, 0.2) is 5.76 Å². The lowest BCUT2D eigenvalue weighted by molar-refractivity contribution is -0.0491. The maximum absolute atomic E-state index is 13.4. The van der Waals surface area contributed by atoms with Crippen molar-refractivity contribution in [2.24, 2.45) is 0 Å². The highest BCUT2D eigenvalue weighted by Gasteiger charge is 2.37. The third-order valence-corrected chi connectivity index (χ3v) is 5.32. The van der Waals surface area contributed by atoms with Gasteiger partial charge in [-0.3, -0.25) is 4.90 Å². The van der Waals surface area contributed by atoms with E-state index < -0.39 is 18.3 Å². The summed E-state index contributed by atoms with van der Waals surface area (Å²) in [7, 11) is 0. The minimum atomic E-state index is -0.993. The van der Waals surface area contributed by atoms with Crippen LogP contribution in [0.5, 0.6) is 0 Å². The zero-order valence-corrected chi connectivity index (χ0v) is 18.1. The van der Waals surface area contributed by atoms with E-state index in [2.05, 4.69) is 10.6 Å². The molecular formula is C26H22N4O4. The molecule has 0 spiro atoms. The second-order valence-corrected chi connectivity index (χ2v) is 7.62. The van der Waals surface area contributed by atoms with E-state index in [1.165, 1.54) is 16.2 Å². The molecule has 1 aliphatic heterocycles. The van der Waals surface area contributed by atoms with Crippen molar-refractivity contribution in [2.45, 2.75) is 12.8 Å². The van der Waals surface area contributed by atoms with E-state index in [4.69, 9.17) is 9.25 Å². The van der Waals surface area contributed by atoms with Crippen molar-refractivity contribution >= 4 is 29.1 Å². The lowest BCUT2D eigenvalue weighted by atomic mass is 10.1. The van der Waals surface area contributed by atoms with Crippen LogP contribution in [0.2, 0.25) is 0 Å². The number of amides is 4. The second kappa shape index (κ2) is 9.51. The van der Waals surface area contributed by atoms with Crippen molar-refractivity contribution in [1.29, 1.82) is 0 Å². The van der Waals surface area contributed by atoms with Crippen LogP contribution < -0.4 is 15.7 Å². The molecule has 8 nitrogen and oxygen atoms in total. The number of carbonyl (C=O) groups excluding carboxylic acids is 2. The fourth-order valence-electron chi connectivity index (χ4n) is 3.71.